The molecule has 1 aromatic rings. The minimum atomic E-state index is -1.12. The SMILES string of the molecule is CCc1nc([C@H]2O[C@@H](OC)[C@H](O)[C@@H]2O)no1. The first-order chi connectivity index (χ1) is 7.67. The molecule has 0 aliphatic carbocycles. The van der Waals surface area contributed by atoms with Gasteiger partial charge in [-0.2, -0.15) is 4.98 Å². The molecule has 90 valence electrons. The average molecular weight is 230 g/mol. The molecule has 2 rings (SSSR count). The zero-order valence-corrected chi connectivity index (χ0v) is 9.03. The third-order valence-corrected chi connectivity index (χ3v) is 2.49. The third-order valence-electron chi connectivity index (χ3n) is 2.49. The summed E-state index contributed by atoms with van der Waals surface area (Å²) in [5.74, 6) is 0.684. The molecule has 1 fully saturated rings. The number of rotatable bonds is 3. The van der Waals surface area contributed by atoms with E-state index in [1.807, 2.05) is 6.92 Å². The van der Waals surface area contributed by atoms with Gasteiger partial charge < -0.3 is 24.2 Å². The van der Waals surface area contributed by atoms with Crippen molar-refractivity contribution >= 4 is 0 Å². The van der Waals surface area contributed by atoms with Crippen molar-refractivity contribution in [1.82, 2.24) is 10.1 Å². The Labute approximate surface area is 92.0 Å². The molecule has 0 amide bonds. The Bertz CT molecular complexity index is 355. The minimum absolute atomic E-state index is 0.225. The van der Waals surface area contributed by atoms with E-state index < -0.39 is 24.6 Å². The van der Waals surface area contributed by atoms with E-state index in [0.29, 0.717) is 12.3 Å². The molecule has 7 heteroatoms. The molecule has 1 saturated heterocycles. The van der Waals surface area contributed by atoms with E-state index in [1.54, 1.807) is 0 Å². The summed E-state index contributed by atoms with van der Waals surface area (Å²) in [4.78, 5) is 4.03. The van der Waals surface area contributed by atoms with E-state index in [2.05, 4.69) is 10.1 Å². The summed E-state index contributed by atoms with van der Waals surface area (Å²) in [6, 6.07) is 0. The number of aryl methyl sites for hydroxylation is 1. The van der Waals surface area contributed by atoms with Gasteiger partial charge >= 0.3 is 0 Å². The quantitative estimate of drug-likeness (QED) is 0.715. The van der Waals surface area contributed by atoms with Gasteiger partial charge in [-0.15, -0.1) is 0 Å². The van der Waals surface area contributed by atoms with Gasteiger partial charge in [0.2, 0.25) is 11.7 Å². The van der Waals surface area contributed by atoms with Crippen LogP contribution in [0.25, 0.3) is 0 Å². The lowest BCUT2D eigenvalue weighted by Gasteiger charge is -2.11. The highest BCUT2D eigenvalue weighted by Gasteiger charge is 2.45. The van der Waals surface area contributed by atoms with Gasteiger partial charge in [-0.05, 0) is 0 Å². The van der Waals surface area contributed by atoms with E-state index in [9.17, 15) is 10.2 Å². The topological polar surface area (TPSA) is 97.8 Å². The molecule has 2 N–H and O–H groups in total. The van der Waals surface area contributed by atoms with Crippen LogP contribution in [0.1, 0.15) is 24.7 Å². The summed E-state index contributed by atoms with van der Waals surface area (Å²) < 4.78 is 15.0. The van der Waals surface area contributed by atoms with Gasteiger partial charge in [-0.25, -0.2) is 0 Å². The molecule has 0 unspecified atom stereocenters. The molecule has 7 nitrogen and oxygen atoms in total. The van der Waals surface area contributed by atoms with E-state index in [-0.39, 0.29) is 5.82 Å². The van der Waals surface area contributed by atoms with Gasteiger partial charge in [0.1, 0.15) is 12.2 Å². The summed E-state index contributed by atoms with van der Waals surface area (Å²) in [5.41, 5.74) is 0. The number of nitrogens with zero attached hydrogens (tertiary/aromatic N) is 2. The Hall–Kier alpha value is -1.02. The maximum atomic E-state index is 9.72. The van der Waals surface area contributed by atoms with Crippen molar-refractivity contribution in [1.29, 1.82) is 0 Å². The fourth-order valence-corrected chi connectivity index (χ4v) is 1.58. The molecule has 16 heavy (non-hydrogen) atoms. The molecular weight excluding hydrogens is 216 g/mol. The molecular formula is C9H14N2O5. The molecule has 0 aromatic carbocycles. The van der Waals surface area contributed by atoms with Crippen LogP contribution in [0.4, 0.5) is 0 Å². The molecule has 0 bridgehead atoms. The van der Waals surface area contributed by atoms with E-state index in [0.717, 1.165) is 0 Å². The normalized spacial score (nSPS) is 34.5. The number of aliphatic hydroxyl groups excluding tert-OH is 2. The van der Waals surface area contributed by atoms with Crippen molar-refractivity contribution in [3.8, 4) is 0 Å². The molecule has 0 spiro atoms. The first-order valence-corrected chi connectivity index (χ1v) is 5.04. The Morgan fingerprint density at radius 1 is 1.38 bits per heavy atom. The Morgan fingerprint density at radius 2 is 2.12 bits per heavy atom. The predicted molar refractivity (Wildman–Crippen MR) is 50.3 cm³/mol. The number of aromatic nitrogens is 2. The van der Waals surface area contributed by atoms with Crippen LogP contribution in [0.3, 0.4) is 0 Å². The summed E-state index contributed by atoms with van der Waals surface area (Å²) >= 11 is 0. The summed E-state index contributed by atoms with van der Waals surface area (Å²) in [5, 5.41) is 23.0. The summed E-state index contributed by atoms with van der Waals surface area (Å²) in [6.45, 7) is 1.87. The Morgan fingerprint density at radius 3 is 2.62 bits per heavy atom. The lowest BCUT2D eigenvalue weighted by Crippen LogP contribution is -2.31. The lowest BCUT2D eigenvalue weighted by molar-refractivity contribution is -0.150. The minimum Gasteiger partial charge on any atom is -0.387 e. The van der Waals surface area contributed by atoms with Gasteiger partial charge in [-0.3, -0.25) is 0 Å². The van der Waals surface area contributed by atoms with Gasteiger partial charge in [0.25, 0.3) is 0 Å². The van der Waals surface area contributed by atoms with E-state index >= 15 is 0 Å². The predicted octanol–water partition coefficient (Wildman–Crippen LogP) is -0.602. The first kappa shape index (κ1) is 11.5. The first-order valence-electron chi connectivity index (χ1n) is 5.04. The van der Waals surface area contributed by atoms with Crippen molar-refractivity contribution in [3.05, 3.63) is 11.7 Å². The van der Waals surface area contributed by atoms with Crippen molar-refractivity contribution in [2.75, 3.05) is 7.11 Å². The van der Waals surface area contributed by atoms with Gasteiger partial charge in [0, 0.05) is 13.5 Å². The molecule has 2 heterocycles. The second-order valence-corrected chi connectivity index (χ2v) is 3.54. The highest BCUT2D eigenvalue weighted by molar-refractivity contribution is 5.00. The monoisotopic (exact) mass is 230 g/mol. The number of hydrogen-bond donors (Lipinski definition) is 2. The number of ether oxygens (including phenoxy) is 2. The molecule has 1 aromatic heterocycles. The molecule has 4 atom stereocenters. The van der Waals surface area contributed by atoms with Gasteiger partial charge in [-0.1, -0.05) is 12.1 Å². The standard InChI is InChI=1S/C9H14N2O5/c1-3-4-10-8(11-16-4)7-5(12)6(13)9(14-2)15-7/h5-7,9,12-13H,3H2,1-2H3/t5-,6+,7-,9+/m0/s1. The number of hydrogen-bond acceptors (Lipinski definition) is 7. The van der Waals surface area contributed by atoms with Crippen LogP contribution in [-0.2, 0) is 15.9 Å². The fraction of sp³-hybridized carbons (Fsp3) is 0.778. The van der Waals surface area contributed by atoms with Crippen molar-refractivity contribution in [3.63, 3.8) is 0 Å². The number of methoxy groups -OCH3 is 1. The Balaban J connectivity index is 2.16. The van der Waals surface area contributed by atoms with E-state index in [1.165, 1.54) is 7.11 Å². The van der Waals surface area contributed by atoms with Crippen LogP contribution in [0, 0.1) is 0 Å². The largest absolute Gasteiger partial charge is 0.387 e. The molecule has 1 aliphatic rings. The van der Waals surface area contributed by atoms with Gasteiger partial charge in [0.05, 0.1) is 0 Å². The highest BCUT2D eigenvalue weighted by atomic mass is 16.7. The van der Waals surface area contributed by atoms with Crippen LogP contribution >= 0.6 is 0 Å². The van der Waals surface area contributed by atoms with Crippen molar-refractivity contribution < 1.29 is 24.2 Å². The van der Waals surface area contributed by atoms with Crippen LogP contribution in [0.5, 0.6) is 0 Å². The zero-order valence-electron chi connectivity index (χ0n) is 9.03. The number of aliphatic hydroxyl groups is 2. The van der Waals surface area contributed by atoms with Crippen LogP contribution in [0.15, 0.2) is 4.52 Å². The third kappa shape index (κ3) is 1.82. The van der Waals surface area contributed by atoms with Crippen molar-refractivity contribution in [2.45, 2.75) is 37.9 Å². The van der Waals surface area contributed by atoms with Crippen molar-refractivity contribution in [2.24, 2.45) is 0 Å². The fourth-order valence-electron chi connectivity index (χ4n) is 1.58. The maximum Gasteiger partial charge on any atom is 0.226 e. The van der Waals surface area contributed by atoms with Crippen LogP contribution < -0.4 is 0 Å². The highest BCUT2D eigenvalue weighted by Crippen LogP contribution is 2.32. The molecule has 0 radical (unpaired) electrons. The maximum absolute atomic E-state index is 9.72. The second-order valence-electron chi connectivity index (χ2n) is 3.54. The summed E-state index contributed by atoms with van der Waals surface area (Å²) in [6.07, 6.45) is -3.31. The lowest BCUT2D eigenvalue weighted by atomic mass is 10.1. The average Bonchev–Trinajstić information content (AvgIpc) is 2.86. The van der Waals surface area contributed by atoms with E-state index in [4.69, 9.17) is 14.0 Å². The molecule has 0 saturated carbocycles. The zero-order chi connectivity index (χ0) is 11.7. The smallest absolute Gasteiger partial charge is 0.226 e. The molecule has 1 aliphatic heterocycles. The van der Waals surface area contributed by atoms with Gasteiger partial charge in [0.15, 0.2) is 12.4 Å². The van der Waals surface area contributed by atoms with Crippen LogP contribution in [0.2, 0.25) is 0 Å². The summed E-state index contributed by atoms with van der Waals surface area (Å²) in [7, 11) is 1.39. The second kappa shape index (κ2) is 4.46. The Kier molecular flexibility index (Phi) is 3.20. The van der Waals surface area contributed by atoms with Crippen LogP contribution in [-0.4, -0.2) is 46.0 Å².